The van der Waals surface area contributed by atoms with Gasteiger partial charge in [-0.1, -0.05) is 43.3 Å². The predicted octanol–water partition coefficient (Wildman–Crippen LogP) is 6.26. The topological polar surface area (TPSA) is 130 Å². The van der Waals surface area contributed by atoms with Crippen LogP contribution in [0.25, 0.3) is 0 Å². The van der Waals surface area contributed by atoms with Crippen molar-refractivity contribution in [1.29, 1.82) is 0 Å². The van der Waals surface area contributed by atoms with E-state index in [9.17, 15) is 19.5 Å². The molecule has 0 spiro atoms. The zero-order valence-electron chi connectivity index (χ0n) is 27.6. The number of carbonyl (C=O) groups excluding carboxylic acids is 3. The van der Waals surface area contributed by atoms with Crippen LogP contribution >= 0.6 is 0 Å². The number of hydrogen-bond donors (Lipinski definition) is 3. The summed E-state index contributed by atoms with van der Waals surface area (Å²) in [6, 6.07) is 21.9. The van der Waals surface area contributed by atoms with Gasteiger partial charge in [0.15, 0.2) is 0 Å². The molecule has 0 saturated heterocycles. The van der Waals surface area contributed by atoms with Crippen LogP contribution in [0.4, 0.5) is 21.0 Å². The van der Waals surface area contributed by atoms with Gasteiger partial charge in [-0.2, -0.15) is 0 Å². The largest absolute Gasteiger partial charge is 0.490 e. The number of aliphatic hydroxyl groups excluding tert-OH is 1. The molecule has 1 heterocycles. The monoisotopic (exact) mass is 646 g/mol. The number of benzene rings is 3. The molecule has 0 unspecified atom stereocenters. The number of carbonyl (C=O) groups is 3. The fraction of sp³-hybridized carbons (Fsp3) is 0.417. The van der Waals surface area contributed by atoms with Crippen LogP contribution in [0.1, 0.15) is 50.4 Å². The molecule has 1 aliphatic heterocycles. The number of anilines is 2. The molecule has 0 fully saturated rings. The highest BCUT2D eigenvalue weighted by Crippen LogP contribution is 2.29. The Morgan fingerprint density at radius 3 is 2.38 bits per heavy atom. The molecule has 3 aromatic rings. The number of ether oxygens (including phenoxy) is 3. The number of urea groups is 1. The highest BCUT2D eigenvalue weighted by molar-refractivity contribution is 6.02. The average Bonchev–Trinajstić information content (AvgIpc) is 3.06. The van der Waals surface area contributed by atoms with E-state index in [0.29, 0.717) is 29.5 Å². The van der Waals surface area contributed by atoms with Crippen molar-refractivity contribution in [3.8, 4) is 11.5 Å². The predicted molar refractivity (Wildman–Crippen MR) is 181 cm³/mol. The molecule has 47 heavy (non-hydrogen) atoms. The van der Waals surface area contributed by atoms with Gasteiger partial charge < -0.3 is 39.8 Å². The molecule has 0 aromatic heterocycles. The molecule has 11 heteroatoms. The lowest BCUT2D eigenvalue weighted by molar-refractivity contribution is -0.0143. The molecule has 252 valence electrons. The summed E-state index contributed by atoms with van der Waals surface area (Å²) in [6.07, 6.45) is 1.23. The number of hydrogen-bond acceptors (Lipinski definition) is 7. The second-order valence-corrected chi connectivity index (χ2v) is 12.0. The third-order valence-corrected chi connectivity index (χ3v) is 8.05. The van der Waals surface area contributed by atoms with Crippen molar-refractivity contribution in [3.63, 3.8) is 0 Å². The fourth-order valence-corrected chi connectivity index (χ4v) is 5.29. The Morgan fingerprint density at radius 1 is 1.00 bits per heavy atom. The van der Waals surface area contributed by atoms with Crippen molar-refractivity contribution < 1.29 is 33.7 Å². The van der Waals surface area contributed by atoms with Crippen molar-refractivity contribution in [3.05, 3.63) is 84.4 Å². The Balaban J connectivity index is 1.58. The molecule has 0 radical (unpaired) electrons. The molecule has 3 N–H and O–H groups in total. The SMILES string of the molecule is C[C@@H]1CN([C@@H](C)CO)C(=O)c2cc(NC(=O)Nc3ccccc3)ccc2O[C@@H](C)CCCCO[C@H]1CN(C)C(=O)Oc1ccccc1. The lowest BCUT2D eigenvalue weighted by atomic mass is 10.0. The van der Waals surface area contributed by atoms with Gasteiger partial charge >= 0.3 is 12.1 Å². The molecule has 0 aliphatic carbocycles. The standard InChI is InChI=1S/C36H46N4O7/c1-25-22-40(26(2)24-41)34(42)31-21-29(38-35(43)37-28-14-7-5-8-15-28)18-19-32(31)46-27(3)13-11-12-20-45-33(25)23-39(4)36(44)47-30-16-9-6-10-17-30/h5-10,14-19,21,25-27,33,41H,11-13,20,22-24H2,1-4H3,(H2,37,38,43)/t25-,26+,27+,33+/m1/s1. The lowest BCUT2D eigenvalue weighted by Gasteiger charge is -2.35. The smallest absolute Gasteiger partial charge is 0.415 e. The van der Waals surface area contributed by atoms with Gasteiger partial charge in [-0.15, -0.1) is 0 Å². The number of para-hydroxylation sites is 2. The van der Waals surface area contributed by atoms with Gasteiger partial charge in [0.25, 0.3) is 5.91 Å². The summed E-state index contributed by atoms with van der Waals surface area (Å²) in [5, 5.41) is 15.8. The highest BCUT2D eigenvalue weighted by Gasteiger charge is 2.31. The fourth-order valence-electron chi connectivity index (χ4n) is 5.29. The van der Waals surface area contributed by atoms with E-state index in [1.807, 2.05) is 38.1 Å². The van der Waals surface area contributed by atoms with Gasteiger partial charge in [-0.05, 0) is 75.6 Å². The summed E-state index contributed by atoms with van der Waals surface area (Å²) in [7, 11) is 1.66. The molecule has 0 bridgehead atoms. The highest BCUT2D eigenvalue weighted by atomic mass is 16.6. The van der Waals surface area contributed by atoms with Gasteiger partial charge in [0.05, 0.1) is 37.0 Å². The maximum Gasteiger partial charge on any atom is 0.415 e. The quantitative estimate of drug-likeness (QED) is 0.276. The summed E-state index contributed by atoms with van der Waals surface area (Å²) in [5.41, 5.74) is 1.30. The number of rotatable bonds is 7. The Labute approximate surface area is 276 Å². The van der Waals surface area contributed by atoms with E-state index < -0.39 is 24.3 Å². The lowest BCUT2D eigenvalue weighted by Crippen LogP contribution is -2.48. The first-order valence-electron chi connectivity index (χ1n) is 16.1. The second kappa shape index (κ2) is 17.3. The van der Waals surface area contributed by atoms with E-state index in [2.05, 4.69) is 10.6 Å². The average molecular weight is 647 g/mol. The minimum Gasteiger partial charge on any atom is -0.490 e. The molecule has 4 rings (SSSR count). The van der Waals surface area contributed by atoms with Crippen molar-refractivity contribution in [2.45, 2.75) is 58.3 Å². The summed E-state index contributed by atoms with van der Waals surface area (Å²) >= 11 is 0. The molecule has 3 aromatic carbocycles. The second-order valence-electron chi connectivity index (χ2n) is 12.0. The van der Waals surface area contributed by atoms with Crippen molar-refractivity contribution in [2.24, 2.45) is 5.92 Å². The normalized spacial score (nSPS) is 19.7. The van der Waals surface area contributed by atoms with Crippen LogP contribution < -0.4 is 20.1 Å². The third kappa shape index (κ3) is 10.5. The Kier molecular flexibility index (Phi) is 13.0. The minimum atomic E-state index is -0.539. The van der Waals surface area contributed by atoms with E-state index in [0.717, 1.165) is 19.3 Å². The van der Waals surface area contributed by atoms with Crippen LogP contribution in [0.2, 0.25) is 0 Å². The number of likely N-dealkylation sites (N-methyl/N-ethyl adjacent to an activating group) is 1. The molecule has 0 saturated carbocycles. The van der Waals surface area contributed by atoms with E-state index >= 15 is 0 Å². The minimum absolute atomic E-state index is 0.193. The van der Waals surface area contributed by atoms with Crippen molar-refractivity contribution in [1.82, 2.24) is 9.80 Å². The van der Waals surface area contributed by atoms with E-state index in [1.165, 1.54) is 4.90 Å². The van der Waals surface area contributed by atoms with Crippen molar-refractivity contribution >= 4 is 29.4 Å². The Bertz CT molecular complexity index is 1460. The van der Waals surface area contributed by atoms with E-state index in [1.54, 1.807) is 73.5 Å². The zero-order valence-corrected chi connectivity index (χ0v) is 27.6. The summed E-state index contributed by atoms with van der Waals surface area (Å²) in [4.78, 5) is 43.1. The molecule has 1 aliphatic rings. The maximum atomic E-state index is 14.3. The van der Waals surface area contributed by atoms with Crippen LogP contribution in [0.15, 0.2) is 78.9 Å². The molecular formula is C36H46N4O7. The van der Waals surface area contributed by atoms with Crippen LogP contribution in [0.5, 0.6) is 11.5 Å². The first-order valence-corrected chi connectivity index (χ1v) is 16.1. The number of nitrogens with zero attached hydrogens (tertiary/aromatic N) is 2. The number of amides is 4. The molecule has 4 atom stereocenters. The molecular weight excluding hydrogens is 600 g/mol. The zero-order chi connectivity index (χ0) is 33.8. The van der Waals surface area contributed by atoms with Crippen LogP contribution in [0, 0.1) is 5.92 Å². The maximum absolute atomic E-state index is 14.3. The Hall–Kier alpha value is -4.61. The number of nitrogens with one attached hydrogen (secondary N) is 2. The Morgan fingerprint density at radius 2 is 1.68 bits per heavy atom. The van der Waals surface area contributed by atoms with Gasteiger partial charge in [0.2, 0.25) is 0 Å². The molecule has 11 nitrogen and oxygen atoms in total. The van der Waals surface area contributed by atoms with Gasteiger partial charge in [0, 0.05) is 37.5 Å². The van der Waals surface area contributed by atoms with Gasteiger partial charge in [0.1, 0.15) is 11.5 Å². The van der Waals surface area contributed by atoms with Crippen LogP contribution in [-0.2, 0) is 4.74 Å². The molecule has 4 amide bonds. The third-order valence-electron chi connectivity index (χ3n) is 8.05. The van der Waals surface area contributed by atoms with Crippen molar-refractivity contribution in [2.75, 3.05) is 44.0 Å². The number of aliphatic hydroxyl groups is 1. The summed E-state index contributed by atoms with van der Waals surface area (Å²) in [5.74, 6) is 0.247. The first kappa shape index (κ1) is 35.2. The van der Waals surface area contributed by atoms with Crippen LogP contribution in [0.3, 0.4) is 0 Å². The first-order chi connectivity index (χ1) is 22.6. The van der Waals surface area contributed by atoms with Crippen LogP contribution in [-0.4, -0.2) is 84.5 Å². The van der Waals surface area contributed by atoms with E-state index in [-0.39, 0.29) is 43.2 Å². The summed E-state index contributed by atoms with van der Waals surface area (Å²) in [6.45, 7) is 6.36. The van der Waals surface area contributed by atoms with Gasteiger partial charge in [-0.3, -0.25) is 4.79 Å². The summed E-state index contributed by atoms with van der Waals surface area (Å²) < 4.78 is 18.1. The van der Waals surface area contributed by atoms with E-state index in [4.69, 9.17) is 14.2 Å². The number of fused-ring (bicyclic) bond motifs is 1. The van der Waals surface area contributed by atoms with Gasteiger partial charge in [-0.25, -0.2) is 9.59 Å².